The number of hydrogen-bond donors (Lipinski definition) is 1. The second-order valence-corrected chi connectivity index (χ2v) is 16.8. The summed E-state index contributed by atoms with van der Waals surface area (Å²) in [6.45, 7) is 5.36. The van der Waals surface area contributed by atoms with Crippen LogP contribution in [0.3, 0.4) is 0 Å². The molecule has 0 aromatic rings. The lowest BCUT2D eigenvalue weighted by molar-refractivity contribution is -0.870. The molecule has 0 saturated carbocycles. The van der Waals surface area contributed by atoms with Crippen LogP contribution in [0.2, 0.25) is 0 Å². The van der Waals surface area contributed by atoms with Crippen molar-refractivity contribution in [1.82, 2.24) is 0 Å². The second-order valence-electron chi connectivity index (χ2n) is 15.3. The van der Waals surface area contributed by atoms with E-state index in [1.54, 1.807) is 0 Å². The molecule has 0 bridgehead atoms. The van der Waals surface area contributed by atoms with Gasteiger partial charge in [0.25, 0.3) is 0 Å². The van der Waals surface area contributed by atoms with Gasteiger partial charge < -0.3 is 18.9 Å². The fraction of sp³-hybridized carbons (Fsp3) is 0.681. The minimum Gasteiger partial charge on any atom is -0.457 e. The van der Waals surface area contributed by atoms with Crippen molar-refractivity contribution in [2.45, 2.75) is 155 Å². The van der Waals surface area contributed by atoms with Crippen molar-refractivity contribution in [3.63, 3.8) is 0 Å². The number of phosphoric ester groups is 1. The highest BCUT2D eigenvalue weighted by molar-refractivity contribution is 7.47. The van der Waals surface area contributed by atoms with E-state index in [4.69, 9.17) is 18.5 Å². The molecule has 0 heterocycles. The SMILES string of the molecule is CC/C=C\C/C=C\C/C=C\C/C=C\C/C=C\C/C=C\CCCCCOCC(COP(=O)(O)OCC[N+](C)(C)C)OC(=O)CCCCCCC/C=C\CCCCC. The Morgan fingerprint density at radius 2 is 1.04 bits per heavy atom. The summed E-state index contributed by atoms with van der Waals surface area (Å²) in [4.78, 5) is 22.8. The highest BCUT2D eigenvalue weighted by Crippen LogP contribution is 2.43. The molecule has 0 fully saturated rings. The molecule has 0 spiro atoms. The van der Waals surface area contributed by atoms with Gasteiger partial charge in [-0.2, -0.15) is 0 Å². The number of esters is 1. The molecule has 9 heteroatoms. The van der Waals surface area contributed by atoms with Gasteiger partial charge in [0.1, 0.15) is 19.3 Å². The van der Waals surface area contributed by atoms with E-state index in [0.717, 1.165) is 96.3 Å². The fourth-order valence-electron chi connectivity index (χ4n) is 5.31. The first kappa shape index (κ1) is 53.7. The lowest BCUT2D eigenvalue weighted by Gasteiger charge is -2.24. The normalized spacial score (nSPS) is 14.6. The van der Waals surface area contributed by atoms with Crippen LogP contribution in [-0.2, 0) is 27.9 Å². The molecule has 322 valence electrons. The predicted octanol–water partition coefficient (Wildman–Crippen LogP) is 12.9. The Labute approximate surface area is 344 Å². The molecule has 0 radical (unpaired) electrons. The maximum atomic E-state index is 12.7. The van der Waals surface area contributed by atoms with Gasteiger partial charge in [-0.3, -0.25) is 13.8 Å². The number of phosphoric acid groups is 1. The maximum absolute atomic E-state index is 12.7. The first-order chi connectivity index (χ1) is 27.1. The molecule has 0 amide bonds. The molecular weight excluding hydrogens is 721 g/mol. The number of allylic oxidation sites excluding steroid dienone is 14. The lowest BCUT2D eigenvalue weighted by Crippen LogP contribution is -2.37. The van der Waals surface area contributed by atoms with Crippen molar-refractivity contribution >= 4 is 13.8 Å². The molecule has 0 aliphatic heterocycles. The Bertz CT molecular complexity index is 1170. The number of carbonyl (C=O) groups excluding carboxylic acids is 1. The van der Waals surface area contributed by atoms with Crippen LogP contribution in [0.5, 0.6) is 0 Å². The van der Waals surface area contributed by atoms with Crippen LogP contribution in [0.25, 0.3) is 0 Å². The molecule has 0 aliphatic rings. The molecule has 0 aromatic heterocycles. The van der Waals surface area contributed by atoms with E-state index in [9.17, 15) is 14.3 Å². The number of carbonyl (C=O) groups is 1. The standard InChI is InChI=1S/C47H82NO7P/c1-6-8-10-12-14-16-18-20-21-22-23-24-25-26-27-28-29-31-33-35-37-39-42-52-44-46(45-54-56(50,51)53-43-41-48(3,4)5)55-47(49)40-38-36-34-32-30-19-17-15-13-11-9-7-2/h8,10,14-17,20-21,23-24,26-27,29,31,46H,6-7,9,11-13,18-19,22,25,28,30,32-45H2,1-5H3/p+1/b10-8-,16-14-,17-15-,21-20-,24-23-,27-26-,31-29-. The topological polar surface area (TPSA) is 91.3 Å². The number of unbranched alkanes of at least 4 members (excludes halogenated alkanes) is 11. The van der Waals surface area contributed by atoms with E-state index in [1.807, 2.05) is 21.1 Å². The third-order valence-corrected chi connectivity index (χ3v) is 9.67. The van der Waals surface area contributed by atoms with Crippen LogP contribution in [0.1, 0.15) is 149 Å². The molecule has 2 atom stereocenters. The van der Waals surface area contributed by atoms with E-state index in [2.05, 4.69) is 98.9 Å². The monoisotopic (exact) mass is 805 g/mol. The van der Waals surface area contributed by atoms with Crippen molar-refractivity contribution in [1.29, 1.82) is 0 Å². The Hall–Kier alpha value is -2.32. The molecule has 1 N–H and O–H groups in total. The van der Waals surface area contributed by atoms with Crippen LogP contribution >= 0.6 is 7.82 Å². The molecule has 56 heavy (non-hydrogen) atoms. The lowest BCUT2D eigenvalue weighted by atomic mass is 10.1. The summed E-state index contributed by atoms with van der Waals surface area (Å²) >= 11 is 0. The van der Waals surface area contributed by atoms with Gasteiger partial charge in [-0.15, -0.1) is 0 Å². The first-order valence-electron chi connectivity index (χ1n) is 21.8. The van der Waals surface area contributed by atoms with Gasteiger partial charge in [0.15, 0.2) is 0 Å². The van der Waals surface area contributed by atoms with Gasteiger partial charge in [0, 0.05) is 13.0 Å². The van der Waals surface area contributed by atoms with E-state index >= 15 is 0 Å². The number of ether oxygens (including phenoxy) is 2. The van der Waals surface area contributed by atoms with Crippen molar-refractivity contribution in [3.8, 4) is 0 Å². The smallest absolute Gasteiger partial charge is 0.457 e. The number of nitrogens with zero attached hydrogens (tertiary/aromatic N) is 1. The van der Waals surface area contributed by atoms with E-state index in [-0.39, 0.29) is 25.8 Å². The first-order valence-corrected chi connectivity index (χ1v) is 23.3. The summed E-state index contributed by atoms with van der Waals surface area (Å²) in [6, 6.07) is 0. The van der Waals surface area contributed by atoms with Gasteiger partial charge in [-0.25, -0.2) is 4.57 Å². The minimum absolute atomic E-state index is 0.0754. The maximum Gasteiger partial charge on any atom is 0.472 e. The fourth-order valence-corrected chi connectivity index (χ4v) is 6.05. The summed E-state index contributed by atoms with van der Waals surface area (Å²) in [5.74, 6) is -0.340. The van der Waals surface area contributed by atoms with Crippen LogP contribution in [-0.4, -0.2) is 75.6 Å². The van der Waals surface area contributed by atoms with Crippen LogP contribution in [0.15, 0.2) is 85.1 Å². The largest absolute Gasteiger partial charge is 0.472 e. The molecule has 0 aliphatic carbocycles. The van der Waals surface area contributed by atoms with Crippen LogP contribution in [0.4, 0.5) is 0 Å². The van der Waals surface area contributed by atoms with Crippen LogP contribution in [0, 0.1) is 0 Å². The Balaban J connectivity index is 4.31. The van der Waals surface area contributed by atoms with E-state index in [0.29, 0.717) is 24.1 Å². The number of rotatable bonds is 39. The summed E-state index contributed by atoms with van der Waals surface area (Å²) < 4.78 is 34.9. The van der Waals surface area contributed by atoms with Crippen LogP contribution < -0.4 is 0 Å². The number of quaternary nitrogens is 1. The van der Waals surface area contributed by atoms with Crippen molar-refractivity contribution < 1.29 is 37.3 Å². The Morgan fingerprint density at radius 1 is 0.571 bits per heavy atom. The van der Waals surface area contributed by atoms with Gasteiger partial charge in [0.05, 0.1) is 34.4 Å². The third kappa shape index (κ3) is 42.8. The number of likely N-dealkylation sites (N-methyl/N-ethyl adjacent to an activating group) is 1. The van der Waals surface area contributed by atoms with Gasteiger partial charge in [-0.05, 0) is 89.9 Å². The van der Waals surface area contributed by atoms with Gasteiger partial charge in [-0.1, -0.05) is 137 Å². The van der Waals surface area contributed by atoms with Crippen molar-refractivity contribution in [3.05, 3.63) is 85.1 Å². The zero-order chi connectivity index (χ0) is 41.3. The second kappa shape index (κ2) is 39.5. The van der Waals surface area contributed by atoms with Gasteiger partial charge in [0.2, 0.25) is 0 Å². The van der Waals surface area contributed by atoms with E-state index in [1.165, 1.54) is 32.1 Å². The number of hydrogen-bond acceptors (Lipinski definition) is 6. The average molecular weight is 805 g/mol. The predicted molar refractivity (Wildman–Crippen MR) is 238 cm³/mol. The highest BCUT2D eigenvalue weighted by atomic mass is 31.2. The summed E-state index contributed by atoms with van der Waals surface area (Å²) in [5, 5.41) is 0. The van der Waals surface area contributed by atoms with Gasteiger partial charge >= 0.3 is 13.8 Å². The Morgan fingerprint density at radius 3 is 1.57 bits per heavy atom. The molecule has 0 rings (SSSR count). The average Bonchev–Trinajstić information content (AvgIpc) is 3.15. The molecule has 2 unspecified atom stereocenters. The summed E-state index contributed by atoms with van der Waals surface area (Å²) in [5.41, 5.74) is 0. The van der Waals surface area contributed by atoms with E-state index < -0.39 is 13.9 Å². The molecular formula is C47H83NO7P+. The minimum atomic E-state index is -4.29. The highest BCUT2D eigenvalue weighted by Gasteiger charge is 2.26. The van der Waals surface area contributed by atoms with Crippen molar-refractivity contribution in [2.24, 2.45) is 0 Å². The molecule has 0 saturated heterocycles. The molecule has 8 nitrogen and oxygen atoms in total. The third-order valence-electron chi connectivity index (χ3n) is 8.69. The summed E-state index contributed by atoms with van der Waals surface area (Å²) in [6.07, 6.45) is 51.9. The summed E-state index contributed by atoms with van der Waals surface area (Å²) in [7, 11) is 1.62. The Kier molecular flexibility index (Phi) is 37.9. The quantitative estimate of drug-likeness (QED) is 0.0217. The van der Waals surface area contributed by atoms with Crippen molar-refractivity contribution in [2.75, 3.05) is 54.1 Å². The zero-order valence-corrected chi connectivity index (χ0v) is 37.2. The zero-order valence-electron chi connectivity index (χ0n) is 36.3. The molecule has 0 aromatic carbocycles.